The quantitative estimate of drug-likeness (QED) is 0.175. The summed E-state index contributed by atoms with van der Waals surface area (Å²) in [5, 5.41) is 26.2. The highest BCUT2D eigenvalue weighted by molar-refractivity contribution is 5.96. The Morgan fingerprint density at radius 2 is 1.24 bits per heavy atom. The van der Waals surface area contributed by atoms with Crippen molar-refractivity contribution in [3.63, 3.8) is 0 Å². The largest absolute Gasteiger partial charge is 0.508 e. The summed E-state index contributed by atoms with van der Waals surface area (Å²) in [5.41, 5.74) is 12.1. The molecule has 0 saturated carbocycles. The molecule has 4 unspecified atom stereocenters. The van der Waals surface area contributed by atoms with Crippen LogP contribution in [-0.2, 0) is 36.8 Å². The number of nitrogens with two attached hydrogens (primary N) is 2. The molecule has 198 valence electrons. The summed E-state index contributed by atoms with van der Waals surface area (Å²) >= 11 is 0. The molecule has 0 aliphatic heterocycles. The van der Waals surface area contributed by atoms with Crippen LogP contribution in [-0.4, -0.2) is 64.0 Å². The first kappa shape index (κ1) is 28.8. The SMILES string of the molecule is CC(N)C(=O)NC(Cc1ccccc1)C(=O)NC(CC(N)=O)C(=O)NC(Cc1ccc(O)cc1)C(=O)O. The van der Waals surface area contributed by atoms with Gasteiger partial charge in [-0.15, -0.1) is 0 Å². The van der Waals surface area contributed by atoms with E-state index in [-0.39, 0.29) is 18.6 Å². The summed E-state index contributed by atoms with van der Waals surface area (Å²) in [6, 6.07) is 9.55. The zero-order valence-electron chi connectivity index (χ0n) is 20.2. The molecule has 0 saturated heterocycles. The van der Waals surface area contributed by atoms with Crippen LogP contribution < -0.4 is 27.4 Å². The van der Waals surface area contributed by atoms with Gasteiger partial charge in [-0.2, -0.15) is 0 Å². The number of carbonyl (C=O) groups excluding carboxylic acids is 4. The number of aromatic hydroxyl groups is 1. The van der Waals surface area contributed by atoms with E-state index >= 15 is 0 Å². The van der Waals surface area contributed by atoms with Crippen molar-refractivity contribution in [3.8, 4) is 5.75 Å². The Morgan fingerprint density at radius 1 is 0.757 bits per heavy atom. The number of benzene rings is 2. The fraction of sp³-hybridized carbons (Fsp3) is 0.320. The monoisotopic (exact) mass is 513 g/mol. The first-order chi connectivity index (χ1) is 17.5. The van der Waals surface area contributed by atoms with Crippen LogP contribution in [0.5, 0.6) is 5.75 Å². The number of phenols is 1. The predicted octanol–water partition coefficient (Wildman–Crippen LogP) is -1.06. The number of rotatable bonds is 13. The number of primary amides is 1. The zero-order valence-corrected chi connectivity index (χ0v) is 20.2. The average Bonchev–Trinajstić information content (AvgIpc) is 2.84. The molecule has 0 fully saturated rings. The summed E-state index contributed by atoms with van der Waals surface area (Å²) in [5.74, 6) is -4.61. The summed E-state index contributed by atoms with van der Waals surface area (Å²) in [4.78, 5) is 61.7. The highest BCUT2D eigenvalue weighted by atomic mass is 16.4. The third-order valence-electron chi connectivity index (χ3n) is 5.36. The van der Waals surface area contributed by atoms with E-state index in [0.717, 1.165) is 0 Å². The van der Waals surface area contributed by atoms with E-state index in [9.17, 15) is 34.2 Å². The van der Waals surface area contributed by atoms with E-state index in [1.165, 1.54) is 31.2 Å². The highest BCUT2D eigenvalue weighted by Crippen LogP contribution is 2.12. The third kappa shape index (κ3) is 9.61. The molecule has 0 spiro atoms. The molecule has 0 bridgehead atoms. The lowest BCUT2D eigenvalue weighted by molar-refractivity contribution is -0.142. The molecule has 0 aliphatic rings. The second-order valence-corrected chi connectivity index (χ2v) is 8.54. The lowest BCUT2D eigenvalue weighted by Gasteiger charge is -2.24. The molecule has 0 aliphatic carbocycles. The summed E-state index contributed by atoms with van der Waals surface area (Å²) in [6.45, 7) is 1.44. The van der Waals surface area contributed by atoms with Crippen molar-refractivity contribution in [2.24, 2.45) is 11.5 Å². The van der Waals surface area contributed by atoms with Crippen LogP contribution in [0.15, 0.2) is 54.6 Å². The summed E-state index contributed by atoms with van der Waals surface area (Å²) < 4.78 is 0. The number of aliphatic carboxylic acids is 1. The van der Waals surface area contributed by atoms with Gasteiger partial charge < -0.3 is 37.6 Å². The number of carboxylic acids is 1. The minimum absolute atomic E-state index is 0.00919. The van der Waals surface area contributed by atoms with Gasteiger partial charge in [0.15, 0.2) is 0 Å². The van der Waals surface area contributed by atoms with Crippen LogP contribution >= 0.6 is 0 Å². The molecular formula is C25H31N5O7. The standard InChI is InChI=1S/C25H31N5O7/c1-14(26)22(33)28-18(11-15-5-3-2-4-6-15)23(34)29-19(13-21(27)32)24(35)30-20(25(36)37)12-16-7-9-17(31)10-8-16/h2-10,14,18-20,31H,11-13,26H2,1H3,(H2,27,32)(H,28,33)(H,29,34)(H,30,35)(H,36,37). The maximum atomic E-state index is 13.1. The summed E-state index contributed by atoms with van der Waals surface area (Å²) in [6.07, 6.45) is -0.670. The molecule has 2 aromatic rings. The minimum atomic E-state index is -1.50. The van der Waals surface area contributed by atoms with E-state index in [4.69, 9.17) is 11.5 Å². The Labute approximate surface area is 213 Å². The third-order valence-corrected chi connectivity index (χ3v) is 5.36. The lowest BCUT2D eigenvalue weighted by Crippen LogP contribution is -2.58. The zero-order chi connectivity index (χ0) is 27.5. The average molecular weight is 514 g/mol. The van der Waals surface area contributed by atoms with Crippen LogP contribution in [0.25, 0.3) is 0 Å². The van der Waals surface area contributed by atoms with Crippen molar-refractivity contribution in [2.45, 2.75) is 50.4 Å². The Morgan fingerprint density at radius 3 is 1.78 bits per heavy atom. The molecule has 0 heterocycles. The first-order valence-electron chi connectivity index (χ1n) is 11.5. The molecule has 2 rings (SSSR count). The molecule has 12 nitrogen and oxygen atoms in total. The number of carboxylic acid groups (broad SMARTS) is 1. The summed E-state index contributed by atoms with van der Waals surface area (Å²) in [7, 11) is 0. The van der Waals surface area contributed by atoms with Crippen molar-refractivity contribution in [1.29, 1.82) is 0 Å². The van der Waals surface area contributed by atoms with E-state index in [0.29, 0.717) is 11.1 Å². The fourth-order valence-electron chi connectivity index (χ4n) is 3.39. The van der Waals surface area contributed by atoms with Gasteiger partial charge in [-0.05, 0) is 30.2 Å². The van der Waals surface area contributed by atoms with Gasteiger partial charge in [-0.3, -0.25) is 19.2 Å². The number of hydrogen-bond acceptors (Lipinski definition) is 7. The van der Waals surface area contributed by atoms with E-state index < -0.39 is 60.2 Å². The second kappa shape index (κ2) is 13.6. The predicted molar refractivity (Wildman–Crippen MR) is 133 cm³/mol. The molecule has 12 heteroatoms. The van der Waals surface area contributed by atoms with E-state index in [1.807, 2.05) is 0 Å². The van der Waals surface area contributed by atoms with Gasteiger partial charge in [0, 0.05) is 12.8 Å². The Hall–Kier alpha value is -4.45. The maximum Gasteiger partial charge on any atom is 0.326 e. The van der Waals surface area contributed by atoms with Crippen molar-refractivity contribution in [1.82, 2.24) is 16.0 Å². The fourth-order valence-corrected chi connectivity index (χ4v) is 3.39. The molecule has 37 heavy (non-hydrogen) atoms. The van der Waals surface area contributed by atoms with Gasteiger partial charge in [-0.25, -0.2) is 4.79 Å². The van der Waals surface area contributed by atoms with Crippen molar-refractivity contribution in [2.75, 3.05) is 0 Å². The lowest BCUT2D eigenvalue weighted by atomic mass is 10.0. The van der Waals surface area contributed by atoms with Crippen molar-refractivity contribution in [3.05, 3.63) is 65.7 Å². The highest BCUT2D eigenvalue weighted by Gasteiger charge is 2.31. The van der Waals surface area contributed by atoms with Crippen LogP contribution in [0, 0.1) is 0 Å². The number of nitrogens with one attached hydrogen (secondary N) is 3. The Kier molecular flexibility index (Phi) is 10.6. The molecule has 0 radical (unpaired) electrons. The number of carbonyl (C=O) groups is 5. The van der Waals surface area contributed by atoms with Gasteiger partial charge in [0.1, 0.15) is 23.9 Å². The van der Waals surface area contributed by atoms with Crippen LogP contribution in [0.2, 0.25) is 0 Å². The first-order valence-corrected chi connectivity index (χ1v) is 11.5. The van der Waals surface area contributed by atoms with Gasteiger partial charge in [0.2, 0.25) is 23.6 Å². The van der Waals surface area contributed by atoms with E-state index in [2.05, 4.69) is 16.0 Å². The molecular weight excluding hydrogens is 482 g/mol. The van der Waals surface area contributed by atoms with Gasteiger partial charge in [0.25, 0.3) is 0 Å². The Balaban J connectivity index is 2.20. The number of phenolic OH excluding ortho intramolecular Hbond substituents is 1. The maximum absolute atomic E-state index is 13.1. The molecule has 2 aromatic carbocycles. The Bertz CT molecular complexity index is 1110. The van der Waals surface area contributed by atoms with Crippen LogP contribution in [0.1, 0.15) is 24.5 Å². The normalized spacial score (nSPS) is 13.9. The van der Waals surface area contributed by atoms with Gasteiger partial charge in [0.05, 0.1) is 12.5 Å². The smallest absolute Gasteiger partial charge is 0.326 e. The van der Waals surface area contributed by atoms with Crippen LogP contribution in [0.4, 0.5) is 0 Å². The number of hydrogen-bond donors (Lipinski definition) is 7. The van der Waals surface area contributed by atoms with Gasteiger partial charge >= 0.3 is 5.97 Å². The number of amides is 4. The molecule has 9 N–H and O–H groups in total. The topological polar surface area (TPSA) is 214 Å². The minimum Gasteiger partial charge on any atom is -0.508 e. The van der Waals surface area contributed by atoms with Crippen molar-refractivity contribution < 1.29 is 34.2 Å². The molecule has 4 atom stereocenters. The second-order valence-electron chi connectivity index (χ2n) is 8.54. The van der Waals surface area contributed by atoms with E-state index in [1.54, 1.807) is 30.3 Å². The molecule has 0 aromatic heterocycles. The molecule has 4 amide bonds. The van der Waals surface area contributed by atoms with Crippen molar-refractivity contribution >= 4 is 29.6 Å². The van der Waals surface area contributed by atoms with Crippen LogP contribution in [0.3, 0.4) is 0 Å². The van der Waals surface area contributed by atoms with Gasteiger partial charge in [-0.1, -0.05) is 42.5 Å².